The van der Waals surface area contributed by atoms with Crippen molar-refractivity contribution in [3.63, 3.8) is 0 Å². The van der Waals surface area contributed by atoms with E-state index >= 15 is 0 Å². The number of methoxy groups -OCH3 is 2. The maximum atomic E-state index is 12.4. The fourth-order valence-corrected chi connectivity index (χ4v) is 2.88. The summed E-state index contributed by atoms with van der Waals surface area (Å²) in [5.74, 6) is 0.929. The molecule has 0 aliphatic rings. The third-order valence-corrected chi connectivity index (χ3v) is 4.25. The van der Waals surface area contributed by atoms with Crippen molar-refractivity contribution in [3.8, 4) is 11.5 Å². The minimum atomic E-state index is -3.76. The number of nitrogens with one attached hydrogen (secondary N) is 1. The van der Waals surface area contributed by atoms with Gasteiger partial charge >= 0.3 is 0 Å². The Hall–Kier alpha value is -2.41. The van der Waals surface area contributed by atoms with E-state index in [1.165, 1.54) is 26.4 Å². The summed E-state index contributed by atoms with van der Waals surface area (Å²) in [6.45, 7) is 0. The fraction of sp³-hybridized carbons (Fsp3) is 0.143. The van der Waals surface area contributed by atoms with Gasteiger partial charge in [-0.15, -0.1) is 0 Å². The van der Waals surface area contributed by atoms with Gasteiger partial charge in [-0.3, -0.25) is 4.72 Å². The lowest BCUT2D eigenvalue weighted by molar-refractivity contribution is 0.414. The molecule has 7 heteroatoms. The first-order chi connectivity index (χ1) is 9.97. The third kappa shape index (κ3) is 3.19. The van der Waals surface area contributed by atoms with E-state index in [1.54, 1.807) is 30.3 Å². The second-order valence-electron chi connectivity index (χ2n) is 4.21. The van der Waals surface area contributed by atoms with Crippen molar-refractivity contribution < 1.29 is 17.9 Å². The van der Waals surface area contributed by atoms with E-state index in [0.29, 0.717) is 11.5 Å². The van der Waals surface area contributed by atoms with Gasteiger partial charge in [-0.25, -0.2) is 8.42 Å². The number of hydrogen-bond donors (Lipinski definition) is 2. The maximum absolute atomic E-state index is 12.4. The van der Waals surface area contributed by atoms with Crippen LogP contribution in [-0.4, -0.2) is 22.6 Å². The minimum Gasteiger partial charge on any atom is -0.497 e. The maximum Gasteiger partial charge on any atom is 0.262 e. The smallest absolute Gasteiger partial charge is 0.262 e. The lowest BCUT2D eigenvalue weighted by Gasteiger charge is -2.14. The van der Waals surface area contributed by atoms with E-state index in [4.69, 9.17) is 15.2 Å². The number of nitrogens with two attached hydrogens (primary N) is 1. The van der Waals surface area contributed by atoms with Crippen LogP contribution in [0.15, 0.2) is 47.4 Å². The number of rotatable bonds is 5. The molecule has 112 valence electrons. The summed E-state index contributed by atoms with van der Waals surface area (Å²) in [5, 5.41) is 0. The third-order valence-electron chi connectivity index (χ3n) is 2.88. The zero-order valence-corrected chi connectivity index (χ0v) is 12.5. The summed E-state index contributed by atoms with van der Waals surface area (Å²) < 4.78 is 37.3. The van der Waals surface area contributed by atoms with E-state index in [-0.39, 0.29) is 16.3 Å². The van der Waals surface area contributed by atoms with Crippen molar-refractivity contribution in [2.75, 3.05) is 24.7 Å². The van der Waals surface area contributed by atoms with Gasteiger partial charge in [-0.05, 0) is 36.4 Å². The quantitative estimate of drug-likeness (QED) is 0.825. The topological polar surface area (TPSA) is 90.7 Å². The Morgan fingerprint density at radius 3 is 2.24 bits per heavy atom. The van der Waals surface area contributed by atoms with Crippen molar-refractivity contribution >= 4 is 21.4 Å². The summed E-state index contributed by atoms with van der Waals surface area (Å²) in [6.07, 6.45) is 0. The Morgan fingerprint density at radius 1 is 1.00 bits per heavy atom. The molecule has 0 bridgehead atoms. The molecule has 2 rings (SSSR count). The van der Waals surface area contributed by atoms with Crippen LogP contribution in [0.5, 0.6) is 11.5 Å². The first-order valence-electron chi connectivity index (χ1n) is 6.07. The lowest BCUT2D eigenvalue weighted by atomic mass is 10.2. The molecule has 0 aliphatic carbocycles. The van der Waals surface area contributed by atoms with Gasteiger partial charge in [0.05, 0.1) is 24.8 Å². The number of benzene rings is 2. The molecule has 0 amide bonds. The summed E-state index contributed by atoms with van der Waals surface area (Å²) >= 11 is 0. The van der Waals surface area contributed by atoms with Crippen LogP contribution in [0.1, 0.15) is 0 Å². The van der Waals surface area contributed by atoms with Crippen LogP contribution in [0.2, 0.25) is 0 Å². The van der Waals surface area contributed by atoms with Crippen LogP contribution in [-0.2, 0) is 10.0 Å². The van der Waals surface area contributed by atoms with Crippen molar-refractivity contribution in [2.45, 2.75) is 4.90 Å². The van der Waals surface area contributed by atoms with Crippen LogP contribution >= 0.6 is 0 Å². The summed E-state index contributed by atoms with van der Waals surface area (Å²) in [6, 6.07) is 10.9. The second-order valence-corrected chi connectivity index (χ2v) is 5.89. The molecule has 0 aliphatic heterocycles. The van der Waals surface area contributed by atoms with Gasteiger partial charge < -0.3 is 15.2 Å². The Labute approximate surface area is 123 Å². The minimum absolute atomic E-state index is 0.105. The van der Waals surface area contributed by atoms with Crippen LogP contribution < -0.4 is 19.9 Å². The van der Waals surface area contributed by atoms with Crippen LogP contribution in [0, 0.1) is 0 Å². The van der Waals surface area contributed by atoms with Gasteiger partial charge in [0.25, 0.3) is 10.0 Å². The van der Waals surface area contributed by atoms with Crippen molar-refractivity contribution in [1.29, 1.82) is 0 Å². The average Bonchev–Trinajstić information content (AvgIpc) is 2.49. The van der Waals surface area contributed by atoms with Gasteiger partial charge in [-0.1, -0.05) is 6.07 Å². The number of sulfonamides is 1. The zero-order chi connectivity index (χ0) is 15.5. The van der Waals surface area contributed by atoms with Crippen molar-refractivity contribution in [2.24, 2.45) is 0 Å². The standard InChI is InChI=1S/C14H16N2O4S/c1-19-10-6-8-11(9-7-10)21(17,18)16-14-12(15)4-3-5-13(14)20-2/h3-9,16H,15H2,1-2H3. The van der Waals surface area contributed by atoms with Crippen LogP contribution in [0.25, 0.3) is 0 Å². The monoisotopic (exact) mass is 308 g/mol. The molecule has 2 aromatic rings. The highest BCUT2D eigenvalue weighted by Gasteiger charge is 2.18. The molecule has 6 nitrogen and oxygen atoms in total. The van der Waals surface area contributed by atoms with Crippen LogP contribution in [0.4, 0.5) is 11.4 Å². The van der Waals surface area contributed by atoms with Gasteiger partial charge in [0.2, 0.25) is 0 Å². The summed E-state index contributed by atoms with van der Waals surface area (Å²) in [7, 11) is -0.803. The molecule has 0 heterocycles. The van der Waals surface area contributed by atoms with E-state index < -0.39 is 10.0 Å². The molecule has 0 unspecified atom stereocenters. The summed E-state index contributed by atoms with van der Waals surface area (Å²) in [4.78, 5) is 0.105. The Morgan fingerprint density at radius 2 is 1.67 bits per heavy atom. The second kappa shape index (κ2) is 5.92. The number of hydrogen-bond acceptors (Lipinski definition) is 5. The molecule has 0 aromatic heterocycles. The number of anilines is 2. The molecule has 0 radical (unpaired) electrons. The van der Waals surface area contributed by atoms with E-state index in [0.717, 1.165) is 0 Å². The zero-order valence-electron chi connectivity index (χ0n) is 11.7. The molecule has 0 atom stereocenters. The molecule has 3 N–H and O–H groups in total. The predicted octanol–water partition coefficient (Wildman–Crippen LogP) is 2.09. The Bertz CT molecular complexity index is 727. The van der Waals surface area contributed by atoms with E-state index in [1.807, 2.05) is 0 Å². The largest absolute Gasteiger partial charge is 0.497 e. The molecule has 21 heavy (non-hydrogen) atoms. The predicted molar refractivity (Wildman–Crippen MR) is 81.2 cm³/mol. The molecule has 0 spiro atoms. The Kier molecular flexibility index (Phi) is 4.23. The highest BCUT2D eigenvalue weighted by Crippen LogP contribution is 2.32. The molecular formula is C14H16N2O4S. The lowest BCUT2D eigenvalue weighted by Crippen LogP contribution is -2.14. The van der Waals surface area contributed by atoms with Crippen LogP contribution in [0.3, 0.4) is 0 Å². The first kappa shape index (κ1) is 15.0. The van der Waals surface area contributed by atoms with Crippen molar-refractivity contribution in [3.05, 3.63) is 42.5 Å². The summed E-state index contributed by atoms with van der Waals surface area (Å²) in [5.41, 5.74) is 6.30. The van der Waals surface area contributed by atoms with E-state index in [9.17, 15) is 8.42 Å². The number of para-hydroxylation sites is 1. The van der Waals surface area contributed by atoms with Gasteiger partial charge in [0, 0.05) is 0 Å². The van der Waals surface area contributed by atoms with Gasteiger partial charge in [0.15, 0.2) is 0 Å². The fourth-order valence-electron chi connectivity index (χ4n) is 1.78. The van der Waals surface area contributed by atoms with Crippen molar-refractivity contribution in [1.82, 2.24) is 0 Å². The number of nitrogen functional groups attached to an aromatic ring is 1. The van der Waals surface area contributed by atoms with Gasteiger partial charge in [0.1, 0.15) is 17.2 Å². The van der Waals surface area contributed by atoms with Gasteiger partial charge in [-0.2, -0.15) is 0 Å². The first-order valence-corrected chi connectivity index (χ1v) is 7.55. The van der Waals surface area contributed by atoms with E-state index in [2.05, 4.69) is 4.72 Å². The highest BCUT2D eigenvalue weighted by molar-refractivity contribution is 7.92. The molecule has 0 saturated heterocycles. The average molecular weight is 308 g/mol. The molecule has 0 fully saturated rings. The molecular weight excluding hydrogens is 292 g/mol. The Balaban J connectivity index is 2.37. The SMILES string of the molecule is COc1ccc(S(=O)(=O)Nc2c(N)cccc2OC)cc1. The highest BCUT2D eigenvalue weighted by atomic mass is 32.2. The normalized spacial score (nSPS) is 11.0. The molecule has 0 saturated carbocycles. The molecule has 2 aromatic carbocycles. The number of ether oxygens (including phenoxy) is 2.